The van der Waals surface area contributed by atoms with Crippen molar-refractivity contribution in [1.82, 2.24) is 30.3 Å². The molecule has 2 N–H and O–H groups in total. The lowest BCUT2D eigenvalue weighted by molar-refractivity contribution is 0.177. The number of guanidine groups is 1. The smallest absolute Gasteiger partial charge is 0.191 e. The Morgan fingerprint density at radius 3 is 2.90 bits per heavy atom. The highest BCUT2D eigenvalue weighted by Gasteiger charge is 2.24. The summed E-state index contributed by atoms with van der Waals surface area (Å²) >= 11 is 0. The van der Waals surface area contributed by atoms with E-state index in [1.54, 1.807) is 7.11 Å². The number of fused-ring (bicyclic) bond motifs is 1. The molecule has 4 rings (SSSR count). The predicted molar refractivity (Wildman–Crippen MR) is 122 cm³/mol. The van der Waals surface area contributed by atoms with Crippen LogP contribution in [0, 0.1) is 5.92 Å². The van der Waals surface area contributed by atoms with Gasteiger partial charge in [-0.1, -0.05) is 30.3 Å². The summed E-state index contributed by atoms with van der Waals surface area (Å²) in [7, 11) is 3.52. The minimum atomic E-state index is 0.307. The van der Waals surface area contributed by atoms with E-state index in [2.05, 4.69) is 60.9 Å². The first kappa shape index (κ1) is 21.8. The van der Waals surface area contributed by atoms with E-state index in [1.807, 2.05) is 11.7 Å². The van der Waals surface area contributed by atoms with Crippen molar-refractivity contribution in [3.8, 4) is 0 Å². The number of aromatic nitrogens is 3. The minimum absolute atomic E-state index is 0.307. The van der Waals surface area contributed by atoms with Crippen LogP contribution in [0.15, 0.2) is 35.3 Å². The third kappa shape index (κ3) is 6.04. The molecular formula is C23H35N7O. The van der Waals surface area contributed by atoms with Crippen LogP contribution in [0.25, 0.3) is 0 Å². The summed E-state index contributed by atoms with van der Waals surface area (Å²) in [5.74, 6) is 3.36. The minimum Gasteiger partial charge on any atom is -0.377 e. The molecule has 168 valence electrons. The number of aryl methyl sites for hydroxylation is 1. The molecule has 0 radical (unpaired) electrons. The van der Waals surface area contributed by atoms with E-state index in [0.29, 0.717) is 18.6 Å². The number of nitrogens with zero attached hydrogens (tertiary/aromatic N) is 5. The van der Waals surface area contributed by atoms with E-state index in [1.165, 1.54) is 18.5 Å². The van der Waals surface area contributed by atoms with Gasteiger partial charge in [0, 0.05) is 46.3 Å². The van der Waals surface area contributed by atoms with Gasteiger partial charge in [0.2, 0.25) is 0 Å². The van der Waals surface area contributed by atoms with E-state index in [4.69, 9.17) is 4.74 Å². The number of likely N-dealkylation sites (tertiary alicyclic amines) is 1. The quantitative estimate of drug-likeness (QED) is 0.493. The van der Waals surface area contributed by atoms with Crippen molar-refractivity contribution in [2.24, 2.45) is 10.9 Å². The molecule has 1 aromatic carbocycles. The lowest BCUT2D eigenvalue weighted by Gasteiger charge is -2.26. The zero-order valence-corrected chi connectivity index (χ0v) is 18.8. The maximum atomic E-state index is 5.15. The molecule has 0 spiro atoms. The Bertz CT molecular complexity index is 851. The van der Waals surface area contributed by atoms with Crippen LogP contribution in [0.1, 0.15) is 30.1 Å². The highest BCUT2D eigenvalue weighted by Crippen LogP contribution is 2.16. The zero-order chi connectivity index (χ0) is 21.5. The summed E-state index contributed by atoms with van der Waals surface area (Å²) in [6, 6.07) is 11.1. The molecule has 2 aliphatic heterocycles. The van der Waals surface area contributed by atoms with Crippen molar-refractivity contribution >= 4 is 5.96 Å². The fraction of sp³-hybridized carbons (Fsp3) is 0.609. The van der Waals surface area contributed by atoms with Gasteiger partial charge in [0.1, 0.15) is 12.4 Å². The fourth-order valence-corrected chi connectivity index (χ4v) is 4.51. The molecule has 0 bridgehead atoms. The SMILES string of the molecule is CN=C(NCC1CCN(CCc2ccccc2)C1)NC1CCc2nc(COC)nn2C1. The Morgan fingerprint density at radius 2 is 2.10 bits per heavy atom. The van der Waals surface area contributed by atoms with Crippen molar-refractivity contribution in [1.29, 1.82) is 0 Å². The first-order valence-corrected chi connectivity index (χ1v) is 11.4. The molecule has 2 unspecified atom stereocenters. The van der Waals surface area contributed by atoms with E-state index in [-0.39, 0.29) is 0 Å². The molecule has 0 saturated carbocycles. The van der Waals surface area contributed by atoms with Crippen molar-refractivity contribution in [3.05, 3.63) is 47.5 Å². The predicted octanol–water partition coefficient (Wildman–Crippen LogP) is 1.47. The van der Waals surface area contributed by atoms with Gasteiger partial charge in [-0.3, -0.25) is 4.99 Å². The number of aliphatic imine (C=N–C) groups is 1. The monoisotopic (exact) mass is 425 g/mol. The number of nitrogens with one attached hydrogen (secondary N) is 2. The van der Waals surface area contributed by atoms with Gasteiger partial charge in [-0.05, 0) is 37.3 Å². The van der Waals surface area contributed by atoms with Crippen molar-refractivity contribution in [2.45, 2.75) is 44.9 Å². The second-order valence-corrected chi connectivity index (χ2v) is 8.58. The Kier molecular flexibility index (Phi) is 7.53. The second kappa shape index (κ2) is 10.7. The lowest BCUT2D eigenvalue weighted by atomic mass is 10.1. The first-order valence-electron chi connectivity index (χ1n) is 11.4. The molecule has 0 amide bonds. The molecular weight excluding hydrogens is 390 g/mol. The standard InChI is InChI=1S/C23H35N7O/c1-24-23(26-20-8-9-22-27-21(17-31-2)28-30(22)16-20)25-14-19-11-13-29(15-19)12-10-18-6-4-3-5-7-18/h3-7,19-20H,8-17H2,1-2H3,(H2,24,25,26). The van der Waals surface area contributed by atoms with Gasteiger partial charge < -0.3 is 20.3 Å². The summed E-state index contributed by atoms with van der Waals surface area (Å²) in [6.07, 6.45) is 4.32. The van der Waals surface area contributed by atoms with E-state index >= 15 is 0 Å². The topological polar surface area (TPSA) is 79.6 Å². The largest absolute Gasteiger partial charge is 0.377 e. The van der Waals surface area contributed by atoms with Crippen LogP contribution in [-0.2, 0) is 30.7 Å². The highest BCUT2D eigenvalue weighted by molar-refractivity contribution is 5.79. The third-order valence-electron chi connectivity index (χ3n) is 6.23. The van der Waals surface area contributed by atoms with Gasteiger partial charge in [0.05, 0.1) is 6.54 Å². The number of ether oxygens (including phenoxy) is 1. The molecule has 0 aliphatic carbocycles. The number of benzene rings is 1. The molecule has 31 heavy (non-hydrogen) atoms. The van der Waals surface area contributed by atoms with Gasteiger partial charge in [-0.15, -0.1) is 0 Å². The zero-order valence-electron chi connectivity index (χ0n) is 18.8. The molecule has 8 heteroatoms. The van der Waals surface area contributed by atoms with Crippen molar-refractivity contribution in [3.63, 3.8) is 0 Å². The third-order valence-corrected chi connectivity index (χ3v) is 6.23. The van der Waals surface area contributed by atoms with Gasteiger partial charge in [0.25, 0.3) is 0 Å². The normalized spacial score (nSPS) is 21.8. The van der Waals surface area contributed by atoms with Crippen LogP contribution in [0.2, 0.25) is 0 Å². The highest BCUT2D eigenvalue weighted by atomic mass is 16.5. The van der Waals surface area contributed by atoms with Crippen LogP contribution in [0.3, 0.4) is 0 Å². The summed E-state index contributed by atoms with van der Waals surface area (Å²) in [4.78, 5) is 11.6. The Morgan fingerprint density at radius 1 is 1.23 bits per heavy atom. The molecule has 1 fully saturated rings. The Balaban J connectivity index is 1.19. The molecule has 3 heterocycles. The van der Waals surface area contributed by atoms with Crippen molar-refractivity contribution in [2.75, 3.05) is 40.3 Å². The van der Waals surface area contributed by atoms with Crippen LogP contribution < -0.4 is 10.6 Å². The van der Waals surface area contributed by atoms with Crippen LogP contribution >= 0.6 is 0 Å². The number of rotatable bonds is 8. The van der Waals surface area contributed by atoms with Crippen LogP contribution in [-0.4, -0.2) is 72.0 Å². The molecule has 2 atom stereocenters. The van der Waals surface area contributed by atoms with E-state index in [9.17, 15) is 0 Å². The van der Waals surface area contributed by atoms with Gasteiger partial charge in [-0.25, -0.2) is 9.67 Å². The van der Waals surface area contributed by atoms with Gasteiger partial charge in [0.15, 0.2) is 11.8 Å². The molecule has 8 nitrogen and oxygen atoms in total. The average Bonchev–Trinajstić information content (AvgIpc) is 3.42. The summed E-state index contributed by atoms with van der Waals surface area (Å²) in [5.41, 5.74) is 1.42. The van der Waals surface area contributed by atoms with E-state index < -0.39 is 0 Å². The van der Waals surface area contributed by atoms with Crippen LogP contribution in [0.5, 0.6) is 0 Å². The molecule has 1 saturated heterocycles. The maximum Gasteiger partial charge on any atom is 0.191 e. The lowest BCUT2D eigenvalue weighted by Crippen LogP contribution is -2.48. The molecule has 1 aromatic heterocycles. The summed E-state index contributed by atoms with van der Waals surface area (Å²) < 4.78 is 7.16. The maximum absolute atomic E-state index is 5.15. The summed E-state index contributed by atoms with van der Waals surface area (Å²) in [5, 5.41) is 11.7. The summed E-state index contributed by atoms with van der Waals surface area (Å²) in [6.45, 7) is 5.72. The van der Waals surface area contributed by atoms with Gasteiger partial charge >= 0.3 is 0 Å². The first-order chi connectivity index (χ1) is 15.2. The Hall–Kier alpha value is -2.45. The Labute approximate surface area is 185 Å². The van der Waals surface area contributed by atoms with Crippen LogP contribution in [0.4, 0.5) is 0 Å². The number of hydrogen-bond acceptors (Lipinski definition) is 5. The van der Waals surface area contributed by atoms with Gasteiger partial charge in [-0.2, -0.15) is 5.10 Å². The molecule has 2 aromatic rings. The van der Waals surface area contributed by atoms with Crippen molar-refractivity contribution < 1.29 is 4.74 Å². The average molecular weight is 426 g/mol. The van der Waals surface area contributed by atoms with E-state index in [0.717, 1.165) is 63.0 Å². The molecule has 2 aliphatic rings. The number of methoxy groups -OCH3 is 1. The second-order valence-electron chi connectivity index (χ2n) is 8.58. The fourth-order valence-electron chi connectivity index (χ4n) is 4.51. The number of hydrogen-bond donors (Lipinski definition) is 2.